The number of aliphatic hydroxyl groups excluding tert-OH is 1. The molecular formula is C77H128B3Cl4N18O11Si2Sn. The Labute approximate surface area is 727 Å². The van der Waals surface area contributed by atoms with Gasteiger partial charge >= 0.3 is 201 Å². The quantitative estimate of drug-likeness (QED) is 0.0182. The summed E-state index contributed by atoms with van der Waals surface area (Å²) in [7, 11) is 6.38. The second-order valence-electron chi connectivity index (χ2n) is 31.0. The number of hydrogen-bond donors (Lipinski definition) is 5. The fourth-order valence-electron chi connectivity index (χ4n) is 7.36. The van der Waals surface area contributed by atoms with Crippen molar-refractivity contribution >= 4 is 167 Å². The Balaban J connectivity index is -0.000000266. The van der Waals surface area contributed by atoms with Crippen LogP contribution in [0.15, 0.2) is 130 Å². The molecule has 39 heteroatoms. The maximum atomic E-state index is 12.9. The third-order valence-corrected chi connectivity index (χ3v) is 29.5. The second-order valence-corrected chi connectivity index (χ2v) is 56.6. The van der Waals surface area contributed by atoms with Crippen molar-refractivity contribution in [3.8, 4) is 11.5 Å². The molecule has 7 aromatic rings. The molecule has 1 aromatic carbocycles. The van der Waals surface area contributed by atoms with Crippen LogP contribution in [0.1, 0.15) is 157 Å². The van der Waals surface area contributed by atoms with Crippen LogP contribution in [0.2, 0.25) is 71.6 Å². The Morgan fingerprint density at radius 1 is 0.595 bits per heavy atom. The van der Waals surface area contributed by atoms with Crippen molar-refractivity contribution in [3.63, 3.8) is 0 Å². The van der Waals surface area contributed by atoms with E-state index < -0.39 is 70.0 Å². The molecule has 0 fully saturated rings. The number of anilines is 6. The molecule has 116 heavy (non-hydrogen) atoms. The third-order valence-electron chi connectivity index (χ3n) is 14.6. The fraction of sp³-hybridized carbons (Fsp3) is 0.494. The molecule has 0 saturated heterocycles. The summed E-state index contributed by atoms with van der Waals surface area (Å²) >= 11 is 20.4. The largest absolute Gasteiger partial charge is 0.476 e. The molecule has 6 aromatic heterocycles. The van der Waals surface area contributed by atoms with Crippen LogP contribution in [0.3, 0.4) is 0 Å². The van der Waals surface area contributed by atoms with Crippen LogP contribution in [-0.4, -0.2) is 213 Å². The maximum Gasteiger partial charge on any atom is 0.416 e. The zero-order valence-electron chi connectivity index (χ0n) is 73.9. The van der Waals surface area contributed by atoms with Crippen molar-refractivity contribution in [2.45, 2.75) is 206 Å². The number of aliphatic hydroxyl groups is 1. The van der Waals surface area contributed by atoms with E-state index in [1.807, 2.05) is 59.9 Å². The minimum Gasteiger partial charge on any atom is -0.476 e. The second kappa shape index (κ2) is 54.9. The number of carbonyl (C=O) groups is 4. The molecule has 6 heterocycles. The first-order chi connectivity index (χ1) is 54.7. The Morgan fingerprint density at radius 3 is 1.46 bits per heavy atom. The van der Waals surface area contributed by atoms with Crippen LogP contribution in [0, 0.1) is 0 Å². The van der Waals surface area contributed by atoms with E-state index in [-0.39, 0.29) is 67.5 Å². The average Bonchev–Trinajstić information content (AvgIpc) is 0.828. The van der Waals surface area contributed by atoms with E-state index in [0.29, 0.717) is 85.6 Å². The molecule has 0 aliphatic carbocycles. The van der Waals surface area contributed by atoms with Gasteiger partial charge in [0.1, 0.15) is 44.5 Å². The number of carboxylic acid groups (broad SMARTS) is 1. The number of aromatic carboxylic acids is 1. The van der Waals surface area contributed by atoms with Crippen LogP contribution >= 0.6 is 46.4 Å². The van der Waals surface area contributed by atoms with E-state index in [4.69, 9.17) is 90.6 Å². The van der Waals surface area contributed by atoms with Crippen molar-refractivity contribution in [3.05, 3.63) is 157 Å². The molecule has 3 amide bonds. The van der Waals surface area contributed by atoms with Gasteiger partial charge in [-0.25, -0.2) is 44.3 Å². The summed E-state index contributed by atoms with van der Waals surface area (Å²) in [4.78, 5) is 110. The predicted octanol–water partition coefficient (Wildman–Crippen LogP) is 19.3. The first-order valence-corrected chi connectivity index (χ1v) is 53.0. The Bertz CT molecular complexity index is 4170. The Kier molecular flexibility index (Phi) is 51.1. The van der Waals surface area contributed by atoms with Gasteiger partial charge in [0.05, 0.1) is 49.6 Å². The molecule has 0 saturated carbocycles. The minimum atomic E-state index is -2.41. The topological polar surface area (TPSA) is 365 Å². The number of halogens is 4. The molecule has 5 radical (unpaired) electrons. The van der Waals surface area contributed by atoms with Crippen molar-refractivity contribution in [2.24, 2.45) is 0 Å². The standard InChI is InChI=1S/C18H32ClN3O3Si.C18H32N3O3Si.C16H16ClN7O.C9H12ClN3O2.C5H3ClN2O2.2C3H4.2CH4.3CH3.B3.Sn.4H2/c1-17(2,3)25-16(23)22(15-13-20-12-14(19)21-15)10-9-11-24-26(7,8)18(4,5)6;1-17(2,3)24-16(22)21(15-14-19-10-11-20-15)12-9-13-23-25(7,8)18(4,5)6;17-11-3-1-4-12(7-11)22-16-21-10-20-15(24-16)13-8-18-9-14(23-13)19-5-2-6-25;1-9(2,3)15-8(14)13-7-5-11-4-6(10)12-7;6-4-2-7-1-3(8-4)5(9)10;2*1-3-2;;;;;;1-3-2;;;;;/h12-13H,9-11H2,1-8H3;10,14H,9,12-13H2,1-8H3;1,3-4,7-10,25H,2,5-6H2,(H,19,23)(H,20,21,22,24);4-5H,1-3H3,(H,12,13,14);1-2H,(H,9,10);2*1-2H2;2*1H4;3*1H3;;;4*1H/i;;;;;;;;;;;;;;2*1+1D;2*1+1. The van der Waals surface area contributed by atoms with Gasteiger partial charge in [-0.15, -0.1) is 11.5 Å². The maximum absolute atomic E-state index is 12.9. The van der Waals surface area contributed by atoms with E-state index in [0.717, 1.165) is 29.1 Å². The van der Waals surface area contributed by atoms with E-state index >= 15 is 0 Å². The van der Waals surface area contributed by atoms with Gasteiger partial charge in [0.2, 0.25) is 5.95 Å². The van der Waals surface area contributed by atoms with Gasteiger partial charge in [-0.2, -0.15) is 4.98 Å². The van der Waals surface area contributed by atoms with Crippen molar-refractivity contribution in [1.29, 1.82) is 0 Å². The zero-order valence-corrected chi connectivity index (χ0v) is 77.8. The minimum absolute atomic E-state index is 0. The molecule has 641 valence electrons. The summed E-state index contributed by atoms with van der Waals surface area (Å²) in [5.74, 6) is 1.45. The molecule has 29 nitrogen and oxygen atoms in total. The number of benzene rings is 1. The van der Waals surface area contributed by atoms with Gasteiger partial charge in [0.15, 0.2) is 31.5 Å². The van der Waals surface area contributed by atoms with Gasteiger partial charge in [-0.1, -0.05) is 114 Å². The Morgan fingerprint density at radius 2 is 1.03 bits per heavy atom. The molecule has 0 aliphatic heterocycles. The third kappa shape index (κ3) is 49.3. The summed E-state index contributed by atoms with van der Waals surface area (Å²) in [6, 6.07) is 7.26. The van der Waals surface area contributed by atoms with Crippen molar-refractivity contribution in [1.82, 2.24) is 64.8 Å². The van der Waals surface area contributed by atoms with Gasteiger partial charge < -0.3 is 34.7 Å². The number of ether oxygens (including phenoxy) is 3. The number of carbonyl (C=O) groups excluding carboxylic acids is 3. The summed E-state index contributed by atoms with van der Waals surface area (Å²) in [6.45, 7) is 53.9. The molecule has 0 atom stereocenters. The van der Waals surface area contributed by atoms with E-state index in [1.165, 1.54) is 42.2 Å². The molecule has 0 bridgehead atoms. The van der Waals surface area contributed by atoms with E-state index in [2.05, 4.69) is 212 Å². The summed E-state index contributed by atoms with van der Waals surface area (Å²) in [5.41, 5.74) is 3.93. The van der Waals surface area contributed by atoms with Gasteiger partial charge in [-0.05, 0) is 90.7 Å². The zero-order chi connectivity index (χ0) is 91.5. The van der Waals surface area contributed by atoms with Crippen LogP contribution in [-0.2, 0) is 23.1 Å². The van der Waals surface area contributed by atoms with Crippen LogP contribution in [0.25, 0.3) is 11.5 Å². The monoisotopic (exact) mass is 1840 g/mol. The SMILES string of the molecule is C.C.C=C=C.C=C=C.CC(C)(C)OC(=O)N(CCCO[Si](C)(C)C(C)(C)C)c1cnc[c]([Sn]([CH3])([CH3])[CH3])n1.CC(C)(C)OC(=O)N(CCCO[Si](C)(C)C(C)(C)C)c1cncc(Cl)n1.CC(C)(C)OC(=O)Nc1cncc(Cl)n1.O=C(O)c1cncc(Cl)n1.OCCCNc1cncc(-c2ncnc(Nc3cccc(Cl)c3)n2)n1.[2HH].[2HH].[2H][2H].[2H][2H].[B][B][B]. The summed E-state index contributed by atoms with van der Waals surface area (Å²) < 4.78 is 49.6. The first-order valence-electron chi connectivity index (χ1n) is 37.7. The molecule has 0 aliphatic rings. The average molecular weight is 1840 g/mol. The number of rotatable bonds is 22. The Hall–Kier alpha value is -7.98. The van der Waals surface area contributed by atoms with Crippen LogP contribution in [0.5, 0.6) is 0 Å². The molecule has 0 spiro atoms. The summed E-state index contributed by atoms with van der Waals surface area (Å²) in [5, 5.41) is 27.2. The number of amides is 3. The normalized spacial score (nSPS) is 11.1. The number of aromatic nitrogens is 13. The fourth-order valence-corrected chi connectivity index (χ4v) is 12.8. The number of nitrogens with zero attached hydrogens (tertiary/aromatic N) is 15. The van der Waals surface area contributed by atoms with Gasteiger partial charge in [0.25, 0.3) is 0 Å². The molecule has 7 rings (SSSR count). The molecular weight excluding hydrogens is 1700 g/mol. The van der Waals surface area contributed by atoms with Crippen molar-refractivity contribution < 1.29 is 61.2 Å². The van der Waals surface area contributed by atoms with Crippen molar-refractivity contribution in [2.75, 3.05) is 65.2 Å². The van der Waals surface area contributed by atoms with E-state index in [1.54, 1.807) is 56.4 Å². The smallest absolute Gasteiger partial charge is 0.416 e. The number of carboxylic acids is 1. The summed E-state index contributed by atoms with van der Waals surface area (Å²) in [6.07, 6.45) is 16.8. The molecule has 5 N–H and O–H groups in total. The van der Waals surface area contributed by atoms with E-state index in [9.17, 15) is 19.2 Å². The number of nitrogens with one attached hydrogen (secondary N) is 3. The van der Waals surface area contributed by atoms with Crippen LogP contribution < -0.4 is 29.5 Å². The van der Waals surface area contributed by atoms with Crippen LogP contribution in [0.4, 0.5) is 49.3 Å². The number of hydrogen-bond acceptors (Lipinski definition) is 25. The van der Waals surface area contributed by atoms with Gasteiger partial charge in [0, 0.05) is 68.3 Å². The molecule has 0 unspecified atom stereocenters. The first kappa shape index (κ1) is 108. The predicted molar refractivity (Wildman–Crippen MR) is 490 cm³/mol. The van der Waals surface area contributed by atoms with Gasteiger partial charge in [-0.3, -0.25) is 30.2 Å².